The van der Waals surface area contributed by atoms with E-state index in [9.17, 15) is 9.59 Å². The number of anilines is 1. The van der Waals surface area contributed by atoms with Crippen LogP contribution in [0, 0.1) is 13.8 Å². The van der Waals surface area contributed by atoms with Crippen LogP contribution < -0.4 is 10.1 Å². The number of carbonyl (C=O) groups excluding carboxylic acids is 2. The topological polar surface area (TPSA) is 73.2 Å². The van der Waals surface area contributed by atoms with E-state index in [0.717, 1.165) is 33.5 Å². The van der Waals surface area contributed by atoms with Gasteiger partial charge in [0.1, 0.15) is 5.69 Å². The first-order valence-corrected chi connectivity index (χ1v) is 12.8. The number of amides is 1. The number of rotatable bonds is 7. The van der Waals surface area contributed by atoms with Crippen LogP contribution >= 0.6 is 0 Å². The molecule has 0 aliphatic carbocycles. The summed E-state index contributed by atoms with van der Waals surface area (Å²) in [4.78, 5) is 24.8. The SMILES string of the molecule is CC(=O)Oc1c(-c2ccc(NC(=O)Cc3ccccc3)cc2)c(-c2ccc(C)cc2)nn1-c1cccc(C)c1. The Balaban J connectivity index is 1.57. The van der Waals surface area contributed by atoms with Gasteiger partial charge >= 0.3 is 5.97 Å². The van der Waals surface area contributed by atoms with Crippen molar-refractivity contribution in [3.05, 3.63) is 120 Å². The summed E-state index contributed by atoms with van der Waals surface area (Å²) in [6.07, 6.45) is 0.292. The van der Waals surface area contributed by atoms with Crippen LogP contribution in [0.3, 0.4) is 0 Å². The fourth-order valence-corrected chi connectivity index (χ4v) is 4.45. The highest BCUT2D eigenvalue weighted by Crippen LogP contribution is 2.41. The van der Waals surface area contributed by atoms with Crippen molar-refractivity contribution in [1.29, 1.82) is 0 Å². The van der Waals surface area contributed by atoms with Crippen molar-refractivity contribution >= 4 is 17.6 Å². The second kappa shape index (κ2) is 11.2. The first kappa shape index (κ1) is 25.7. The molecule has 0 saturated heterocycles. The fraction of sp³-hybridized carbons (Fsp3) is 0.121. The molecule has 0 bridgehead atoms. The van der Waals surface area contributed by atoms with Gasteiger partial charge < -0.3 is 10.1 Å². The Morgan fingerprint density at radius 3 is 2.15 bits per heavy atom. The van der Waals surface area contributed by atoms with Crippen molar-refractivity contribution in [2.45, 2.75) is 27.2 Å². The van der Waals surface area contributed by atoms with E-state index in [1.165, 1.54) is 6.92 Å². The zero-order valence-corrected chi connectivity index (χ0v) is 22.1. The van der Waals surface area contributed by atoms with Gasteiger partial charge in [-0.25, -0.2) is 0 Å². The second-order valence-electron chi connectivity index (χ2n) is 9.53. The summed E-state index contributed by atoms with van der Waals surface area (Å²) >= 11 is 0. The molecule has 194 valence electrons. The second-order valence-corrected chi connectivity index (χ2v) is 9.53. The normalized spacial score (nSPS) is 10.7. The molecule has 0 fully saturated rings. The molecule has 0 unspecified atom stereocenters. The Hall–Kier alpha value is -4.97. The number of aromatic nitrogens is 2. The quantitative estimate of drug-likeness (QED) is 0.239. The predicted molar refractivity (Wildman–Crippen MR) is 154 cm³/mol. The number of hydrogen-bond acceptors (Lipinski definition) is 4. The van der Waals surface area contributed by atoms with Gasteiger partial charge in [-0.3, -0.25) is 9.59 Å². The van der Waals surface area contributed by atoms with E-state index in [1.807, 2.05) is 117 Å². The number of ether oxygens (including phenoxy) is 1. The Morgan fingerprint density at radius 2 is 1.49 bits per heavy atom. The molecule has 1 amide bonds. The molecule has 1 heterocycles. The third kappa shape index (κ3) is 5.96. The highest BCUT2D eigenvalue weighted by atomic mass is 16.5. The summed E-state index contributed by atoms with van der Waals surface area (Å²) in [5.74, 6) is -0.197. The molecule has 5 aromatic rings. The Kier molecular flexibility index (Phi) is 7.37. The van der Waals surface area contributed by atoms with E-state index >= 15 is 0 Å². The summed E-state index contributed by atoms with van der Waals surface area (Å²) in [6, 6.07) is 33.1. The van der Waals surface area contributed by atoms with Gasteiger partial charge in [0, 0.05) is 18.2 Å². The number of nitrogens with one attached hydrogen (secondary N) is 1. The van der Waals surface area contributed by atoms with E-state index in [0.29, 0.717) is 29.2 Å². The molecule has 4 aromatic carbocycles. The lowest BCUT2D eigenvalue weighted by atomic mass is 10.00. The van der Waals surface area contributed by atoms with Crippen LogP contribution in [0.25, 0.3) is 28.1 Å². The van der Waals surface area contributed by atoms with Crippen molar-refractivity contribution in [2.75, 3.05) is 5.32 Å². The monoisotopic (exact) mass is 515 g/mol. The summed E-state index contributed by atoms with van der Waals surface area (Å²) in [5.41, 5.74) is 7.69. The maximum atomic E-state index is 12.6. The number of benzene rings is 4. The fourth-order valence-electron chi connectivity index (χ4n) is 4.45. The number of aryl methyl sites for hydroxylation is 2. The zero-order valence-electron chi connectivity index (χ0n) is 22.1. The third-order valence-corrected chi connectivity index (χ3v) is 6.32. The summed E-state index contributed by atoms with van der Waals surface area (Å²) < 4.78 is 7.48. The predicted octanol–water partition coefficient (Wildman–Crippen LogP) is 6.93. The lowest BCUT2D eigenvalue weighted by molar-refractivity contribution is -0.132. The molecule has 0 aliphatic heterocycles. The van der Waals surface area contributed by atoms with E-state index in [4.69, 9.17) is 9.84 Å². The molecule has 1 N–H and O–H groups in total. The van der Waals surface area contributed by atoms with Crippen molar-refractivity contribution in [2.24, 2.45) is 0 Å². The molecule has 6 heteroatoms. The van der Waals surface area contributed by atoms with E-state index in [1.54, 1.807) is 4.68 Å². The highest BCUT2D eigenvalue weighted by molar-refractivity contribution is 5.93. The third-order valence-electron chi connectivity index (χ3n) is 6.32. The minimum Gasteiger partial charge on any atom is -0.407 e. The van der Waals surface area contributed by atoms with Crippen molar-refractivity contribution in [1.82, 2.24) is 9.78 Å². The maximum Gasteiger partial charge on any atom is 0.309 e. The minimum atomic E-state index is -0.440. The van der Waals surface area contributed by atoms with Crippen molar-refractivity contribution in [3.8, 4) is 34.0 Å². The smallest absolute Gasteiger partial charge is 0.309 e. The Morgan fingerprint density at radius 1 is 0.795 bits per heavy atom. The minimum absolute atomic E-state index is 0.0952. The van der Waals surface area contributed by atoms with Gasteiger partial charge in [0.2, 0.25) is 11.8 Å². The van der Waals surface area contributed by atoms with E-state index in [-0.39, 0.29) is 5.91 Å². The first-order valence-electron chi connectivity index (χ1n) is 12.8. The maximum absolute atomic E-state index is 12.6. The molecule has 0 spiro atoms. The number of esters is 1. The number of nitrogens with zero attached hydrogens (tertiary/aromatic N) is 2. The molecular formula is C33H29N3O3. The summed E-state index contributed by atoms with van der Waals surface area (Å²) in [6.45, 7) is 5.42. The standard InChI is InChI=1S/C33H29N3O3/c1-22-12-14-27(15-13-22)32-31(33(39-24(3)37)36(35-32)29-11-7-8-23(2)20-29)26-16-18-28(19-17-26)34-30(38)21-25-9-5-4-6-10-25/h4-20H,21H2,1-3H3,(H,34,38). The van der Waals surface area contributed by atoms with E-state index in [2.05, 4.69) is 5.32 Å². The average molecular weight is 516 g/mol. The van der Waals surface area contributed by atoms with Gasteiger partial charge in [-0.1, -0.05) is 84.4 Å². The number of hydrogen-bond donors (Lipinski definition) is 1. The average Bonchev–Trinajstić information content (AvgIpc) is 3.28. The van der Waals surface area contributed by atoms with Crippen LogP contribution in [0.2, 0.25) is 0 Å². The van der Waals surface area contributed by atoms with Crippen molar-refractivity contribution < 1.29 is 14.3 Å². The van der Waals surface area contributed by atoms with Crippen LogP contribution in [0.1, 0.15) is 23.6 Å². The molecule has 39 heavy (non-hydrogen) atoms. The van der Waals surface area contributed by atoms with Crippen molar-refractivity contribution in [3.63, 3.8) is 0 Å². The van der Waals surface area contributed by atoms with Crippen LogP contribution in [-0.2, 0) is 16.0 Å². The highest BCUT2D eigenvalue weighted by Gasteiger charge is 2.24. The molecule has 1 aromatic heterocycles. The molecule has 0 saturated carbocycles. The molecule has 6 nitrogen and oxygen atoms in total. The Labute approximate surface area is 227 Å². The Bertz CT molecular complexity index is 1620. The van der Waals surface area contributed by atoms with Gasteiger partial charge in [-0.2, -0.15) is 9.78 Å². The molecule has 0 atom stereocenters. The zero-order chi connectivity index (χ0) is 27.4. The van der Waals surface area contributed by atoms with Crippen LogP contribution in [0.15, 0.2) is 103 Å². The van der Waals surface area contributed by atoms with E-state index < -0.39 is 5.97 Å². The first-order chi connectivity index (χ1) is 18.9. The lowest BCUT2D eigenvalue weighted by Crippen LogP contribution is -2.14. The molecule has 5 rings (SSSR count). The summed E-state index contributed by atoms with van der Waals surface area (Å²) in [5, 5.41) is 7.90. The molecular weight excluding hydrogens is 486 g/mol. The van der Waals surface area contributed by atoms with Crippen LogP contribution in [0.4, 0.5) is 5.69 Å². The van der Waals surface area contributed by atoms with Gasteiger partial charge in [-0.05, 0) is 54.8 Å². The number of carbonyl (C=O) groups is 2. The van der Waals surface area contributed by atoms with Gasteiger partial charge in [-0.15, -0.1) is 0 Å². The largest absolute Gasteiger partial charge is 0.407 e. The lowest BCUT2D eigenvalue weighted by Gasteiger charge is -2.11. The van der Waals surface area contributed by atoms with Crippen LogP contribution in [-0.4, -0.2) is 21.7 Å². The molecule has 0 radical (unpaired) electrons. The van der Waals surface area contributed by atoms with Gasteiger partial charge in [0.15, 0.2) is 0 Å². The molecule has 0 aliphatic rings. The van der Waals surface area contributed by atoms with Gasteiger partial charge in [0.25, 0.3) is 0 Å². The van der Waals surface area contributed by atoms with Crippen LogP contribution in [0.5, 0.6) is 5.88 Å². The van der Waals surface area contributed by atoms with Gasteiger partial charge in [0.05, 0.1) is 17.7 Å². The summed E-state index contributed by atoms with van der Waals surface area (Å²) in [7, 11) is 0.